The zero-order valence-corrected chi connectivity index (χ0v) is 13.8. The number of carbonyl (C=O) groups is 2. The predicted octanol–water partition coefficient (Wildman–Crippen LogP) is 2.37. The number of nitrogens with one attached hydrogen (secondary N) is 2. The van der Waals surface area contributed by atoms with Gasteiger partial charge in [-0.1, -0.05) is 13.8 Å². The van der Waals surface area contributed by atoms with E-state index in [0.29, 0.717) is 17.3 Å². The first-order valence-electron chi connectivity index (χ1n) is 7.59. The molecule has 0 fully saturated rings. The van der Waals surface area contributed by atoms with E-state index in [1.807, 2.05) is 13.8 Å². The van der Waals surface area contributed by atoms with Crippen molar-refractivity contribution >= 4 is 17.5 Å². The Morgan fingerprint density at radius 3 is 2.38 bits per heavy atom. The number of anilines is 1. The Morgan fingerprint density at radius 1 is 1.12 bits per heavy atom. The summed E-state index contributed by atoms with van der Waals surface area (Å²) in [5, 5.41) is 13.0. The van der Waals surface area contributed by atoms with Crippen molar-refractivity contribution < 1.29 is 14.3 Å². The molecule has 0 radical (unpaired) electrons. The van der Waals surface area contributed by atoms with Crippen LogP contribution >= 0.6 is 0 Å². The molecule has 0 aliphatic carbocycles. The van der Waals surface area contributed by atoms with Crippen LogP contribution in [0.3, 0.4) is 0 Å². The van der Waals surface area contributed by atoms with Crippen LogP contribution in [0.5, 0.6) is 11.6 Å². The summed E-state index contributed by atoms with van der Waals surface area (Å²) in [6.45, 7) is 5.14. The molecule has 2 rings (SSSR count). The third kappa shape index (κ3) is 5.05. The van der Waals surface area contributed by atoms with E-state index in [4.69, 9.17) is 4.74 Å². The summed E-state index contributed by atoms with van der Waals surface area (Å²) in [6.07, 6.45) is 1.56. The minimum atomic E-state index is -0.585. The van der Waals surface area contributed by atoms with Gasteiger partial charge in [0.2, 0.25) is 17.7 Å². The Kier molecular flexibility index (Phi) is 5.83. The molecule has 2 aromatic rings. The van der Waals surface area contributed by atoms with Gasteiger partial charge in [-0.25, -0.2) is 0 Å². The molecule has 1 aromatic carbocycles. The van der Waals surface area contributed by atoms with Crippen molar-refractivity contribution in [3.8, 4) is 11.6 Å². The molecule has 0 saturated carbocycles. The molecule has 0 unspecified atom stereocenters. The van der Waals surface area contributed by atoms with Crippen LogP contribution in [-0.2, 0) is 9.59 Å². The third-order valence-electron chi connectivity index (χ3n) is 3.20. The first-order chi connectivity index (χ1) is 11.5. The van der Waals surface area contributed by atoms with Crippen LogP contribution in [0.4, 0.5) is 5.69 Å². The van der Waals surface area contributed by atoms with Gasteiger partial charge in [-0.2, -0.15) is 5.10 Å². The highest BCUT2D eigenvalue weighted by Gasteiger charge is 2.22. The molecule has 2 amide bonds. The highest BCUT2D eigenvalue weighted by molar-refractivity contribution is 5.97. The number of hydrogen-bond donors (Lipinski definition) is 2. The van der Waals surface area contributed by atoms with Crippen LogP contribution in [0.2, 0.25) is 0 Å². The summed E-state index contributed by atoms with van der Waals surface area (Å²) >= 11 is 0. The molecule has 7 heteroatoms. The largest absolute Gasteiger partial charge is 0.438 e. The SMILES string of the molecule is CC(=O)N[C@@H](C(=O)Nc1ccc(Oc2cccnn2)cc1)C(C)C. The lowest BCUT2D eigenvalue weighted by Crippen LogP contribution is -2.46. The average Bonchev–Trinajstić information content (AvgIpc) is 2.55. The third-order valence-corrected chi connectivity index (χ3v) is 3.20. The monoisotopic (exact) mass is 328 g/mol. The summed E-state index contributed by atoms with van der Waals surface area (Å²) in [7, 11) is 0. The van der Waals surface area contributed by atoms with Crippen LogP contribution in [0, 0.1) is 5.92 Å². The second kappa shape index (κ2) is 8.05. The smallest absolute Gasteiger partial charge is 0.247 e. The molecule has 24 heavy (non-hydrogen) atoms. The topological polar surface area (TPSA) is 93.2 Å². The van der Waals surface area contributed by atoms with Gasteiger partial charge in [0.1, 0.15) is 11.8 Å². The van der Waals surface area contributed by atoms with Crippen molar-refractivity contribution in [2.45, 2.75) is 26.8 Å². The first-order valence-corrected chi connectivity index (χ1v) is 7.59. The number of aromatic nitrogens is 2. The molecule has 0 bridgehead atoms. The highest BCUT2D eigenvalue weighted by Crippen LogP contribution is 2.21. The lowest BCUT2D eigenvalue weighted by Gasteiger charge is -2.21. The Bertz CT molecular complexity index is 687. The number of benzene rings is 1. The molecular weight excluding hydrogens is 308 g/mol. The van der Waals surface area contributed by atoms with Crippen molar-refractivity contribution in [3.05, 3.63) is 42.6 Å². The minimum Gasteiger partial charge on any atom is -0.438 e. The van der Waals surface area contributed by atoms with Crippen LogP contribution in [-0.4, -0.2) is 28.1 Å². The Labute approximate surface area is 140 Å². The van der Waals surface area contributed by atoms with E-state index in [1.165, 1.54) is 6.92 Å². The summed E-state index contributed by atoms with van der Waals surface area (Å²) < 4.78 is 5.53. The first kappa shape index (κ1) is 17.4. The van der Waals surface area contributed by atoms with E-state index < -0.39 is 6.04 Å². The molecule has 0 aliphatic heterocycles. The molecule has 0 spiro atoms. The number of carbonyl (C=O) groups excluding carboxylic acids is 2. The molecule has 1 aromatic heterocycles. The second-order valence-corrected chi connectivity index (χ2v) is 5.60. The summed E-state index contributed by atoms with van der Waals surface area (Å²) in [6, 6.07) is 9.70. The zero-order chi connectivity index (χ0) is 17.5. The van der Waals surface area contributed by atoms with Gasteiger partial charge in [0.15, 0.2) is 0 Å². The minimum absolute atomic E-state index is 0.0202. The maximum absolute atomic E-state index is 12.3. The lowest BCUT2D eigenvalue weighted by molar-refractivity contribution is -0.126. The summed E-state index contributed by atoms with van der Waals surface area (Å²) in [5.41, 5.74) is 0.613. The van der Waals surface area contributed by atoms with E-state index in [9.17, 15) is 9.59 Å². The molecule has 0 aliphatic rings. The van der Waals surface area contributed by atoms with Gasteiger partial charge >= 0.3 is 0 Å². The van der Waals surface area contributed by atoms with Gasteiger partial charge in [0.05, 0.1) is 0 Å². The van der Waals surface area contributed by atoms with E-state index in [-0.39, 0.29) is 17.7 Å². The highest BCUT2D eigenvalue weighted by atomic mass is 16.5. The van der Waals surface area contributed by atoms with Crippen LogP contribution in [0.1, 0.15) is 20.8 Å². The van der Waals surface area contributed by atoms with Gasteiger partial charge in [0, 0.05) is 24.9 Å². The van der Waals surface area contributed by atoms with E-state index >= 15 is 0 Å². The van der Waals surface area contributed by atoms with E-state index in [2.05, 4.69) is 20.8 Å². The van der Waals surface area contributed by atoms with Gasteiger partial charge in [-0.3, -0.25) is 9.59 Å². The van der Waals surface area contributed by atoms with E-state index in [1.54, 1.807) is 42.6 Å². The maximum Gasteiger partial charge on any atom is 0.247 e. The Morgan fingerprint density at radius 2 is 1.83 bits per heavy atom. The Balaban J connectivity index is 2.00. The molecule has 126 valence electrons. The number of amides is 2. The fraction of sp³-hybridized carbons (Fsp3) is 0.294. The molecule has 1 atom stereocenters. The molecule has 1 heterocycles. The normalized spacial score (nSPS) is 11.7. The summed E-state index contributed by atoms with van der Waals surface area (Å²) in [4.78, 5) is 23.5. The van der Waals surface area contributed by atoms with Crippen molar-refractivity contribution in [1.29, 1.82) is 0 Å². The second-order valence-electron chi connectivity index (χ2n) is 5.60. The van der Waals surface area contributed by atoms with Crippen molar-refractivity contribution in [1.82, 2.24) is 15.5 Å². The predicted molar refractivity (Wildman–Crippen MR) is 89.6 cm³/mol. The number of nitrogens with zero attached hydrogens (tertiary/aromatic N) is 2. The lowest BCUT2D eigenvalue weighted by atomic mass is 10.0. The maximum atomic E-state index is 12.3. The van der Waals surface area contributed by atoms with Gasteiger partial charge in [0.25, 0.3) is 0 Å². The Hall–Kier alpha value is -2.96. The van der Waals surface area contributed by atoms with E-state index in [0.717, 1.165) is 0 Å². The standard InChI is InChI=1S/C17H20N4O3/c1-11(2)16(19-12(3)22)17(23)20-13-6-8-14(9-7-13)24-15-5-4-10-18-21-15/h4-11,16H,1-3H3,(H,19,22)(H,20,23)/t16-/m1/s1. The molecular formula is C17H20N4O3. The van der Waals surface area contributed by atoms with Crippen molar-refractivity contribution in [2.24, 2.45) is 5.92 Å². The quantitative estimate of drug-likeness (QED) is 0.849. The molecule has 0 saturated heterocycles. The fourth-order valence-electron chi connectivity index (χ4n) is 2.04. The number of hydrogen-bond acceptors (Lipinski definition) is 5. The average molecular weight is 328 g/mol. The summed E-state index contributed by atoms with van der Waals surface area (Å²) in [5.74, 6) is 0.447. The van der Waals surface area contributed by atoms with Crippen LogP contribution < -0.4 is 15.4 Å². The molecule has 7 nitrogen and oxygen atoms in total. The van der Waals surface area contributed by atoms with Gasteiger partial charge < -0.3 is 15.4 Å². The van der Waals surface area contributed by atoms with Gasteiger partial charge in [-0.05, 0) is 36.2 Å². The van der Waals surface area contributed by atoms with Crippen molar-refractivity contribution in [3.63, 3.8) is 0 Å². The van der Waals surface area contributed by atoms with Crippen molar-refractivity contribution in [2.75, 3.05) is 5.32 Å². The van der Waals surface area contributed by atoms with Crippen LogP contribution in [0.25, 0.3) is 0 Å². The zero-order valence-electron chi connectivity index (χ0n) is 13.8. The van der Waals surface area contributed by atoms with Crippen LogP contribution in [0.15, 0.2) is 42.6 Å². The van der Waals surface area contributed by atoms with Gasteiger partial charge in [-0.15, -0.1) is 5.10 Å². The number of ether oxygens (including phenoxy) is 1. The molecule has 2 N–H and O–H groups in total. The number of rotatable bonds is 6. The fourth-order valence-corrected chi connectivity index (χ4v) is 2.04.